The summed E-state index contributed by atoms with van der Waals surface area (Å²) in [5.74, 6) is 0.776. The number of hydrogen-bond donors (Lipinski definition) is 1. The van der Waals surface area contributed by atoms with Crippen LogP contribution in [0.4, 0.5) is 5.82 Å². The van der Waals surface area contributed by atoms with E-state index in [1.807, 2.05) is 11.6 Å². The van der Waals surface area contributed by atoms with Crippen molar-refractivity contribution in [1.29, 1.82) is 0 Å². The van der Waals surface area contributed by atoms with E-state index in [1.165, 1.54) is 4.88 Å². The van der Waals surface area contributed by atoms with E-state index >= 15 is 0 Å². The fourth-order valence-electron chi connectivity index (χ4n) is 1.76. The lowest BCUT2D eigenvalue weighted by atomic mass is 10.2. The summed E-state index contributed by atoms with van der Waals surface area (Å²) < 4.78 is 3.01. The number of rotatable bonds is 3. The molecule has 1 unspecified atom stereocenters. The molecule has 1 atom stereocenters. The van der Waals surface area contributed by atoms with Crippen molar-refractivity contribution in [3.63, 3.8) is 0 Å². The zero-order valence-electron chi connectivity index (χ0n) is 9.27. The predicted octanol–water partition coefficient (Wildman–Crippen LogP) is 3.44. The van der Waals surface area contributed by atoms with Crippen LogP contribution in [-0.2, 0) is 0 Å². The van der Waals surface area contributed by atoms with Crippen LogP contribution in [0.5, 0.6) is 0 Å². The van der Waals surface area contributed by atoms with E-state index in [1.54, 1.807) is 11.3 Å². The van der Waals surface area contributed by atoms with Crippen molar-refractivity contribution < 1.29 is 0 Å². The van der Waals surface area contributed by atoms with Gasteiger partial charge in [-0.15, -0.1) is 11.3 Å². The van der Waals surface area contributed by atoms with Gasteiger partial charge in [0, 0.05) is 4.88 Å². The summed E-state index contributed by atoms with van der Waals surface area (Å²) in [6.07, 6.45) is 1.00. The van der Waals surface area contributed by atoms with Crippen LogP contribution in [0.2, 0.25) is 0 Å². The van der Waals surface area contributed by atoms with Crippen molar-refractivity contribution in [2.24, 2.45) is 0 Å². The molecule has 2 aromatic rings. The third-order valence-corrected chi connectivity index (χ3v) is 4.91. The Labute approximate surface area is 113 Å². The van der Waals surface area contributed by atoms with Crippen molar-refractivity contribution in [3.05, 3.63) is 31.7 Å². The summed E-state index contributed by atoms with van der Waals surface area (Å²) in [6.45, 7) is 4.16. The smallest absolute Gasteiger partial charge is 0.136 e. The Balaban J connectivity index is 2.45. The summed E-state index contributed by atoms with van der Waals surface area (Å²) in [7, 11) is 0. The van der Waals surface area contributed by atoms with Crippen molar-refractivity contribution in [2.75, 3.05) is 5.73 Å². The number of halogens is 1. The molecule has 2 N–H and O–H groups in total. The first-order valence-corrected chi connectivity index (χ1v) is 7.14. The molecule has 0 aliphatic carbocycles. The van der Waals surface area contributed by atoms with Gasteiger partial charge in [-0.2, -0.15) is 5.10 Å². The van der Waals surface area contributed by atoms with Gasteiger partial charge in [0.2, 0.25) is 0 Å². The molecule has 0 aromatic carbocycles. The number of nitrogens with two attached hydrogens (primary N) is 1. The van der Waals surface area contributed by atoms with Crippen LogP contribution in [0.25, 0.3) is 0 Å². The van der Waals surface area contributed by atoms with Crippen LogP contribution in [0, 0.1) is 10.5 Å². The van der Waals surface area contributed by atoms with Crippen LogP contribution < -0.4 is 5.73 Å². The lowest BCUT2D eigenvalue weighted by Crippen LogP contribution is -2.13. The maximum absolute atomic E-state index is 6.08. The summed E-state index contributed by atoms with van der Waals surface area (Å²) in [6, 6.07) is 4.48. The van der Waals surface area contributed by atoms with Crippen LogP contribution >= 0.6 is 33.9 Å². The molecule has 0 saturated heterocycles. The quantitative estimate of drug-likeness (QED) is 0.865. The van der Waals surface area contributed by atoms with Crippen molar-refractivity contribution >= 4 is 39.7 Å². The van der Waals surface area contributed by atoms with Crippen molar-refractivity contribution in [2.45, 2.75) is 26.3 Å². The van der Waals surface area contributed by atoms with Crippen LogP contribution in [0.3, 0.4) is 0 Å². The Morgan fingerprint density at radius 3 is 2.81 bits per heavy atom. The highest BCUT2D eigenvalue weighted by Crippen LogP contribution is 2.30. The monoisotopic (exact) mass is 347 g/mol. The molecule has 0 radical (unpaired) electrons. The van der Waals surface area contributed by atoms with Gasteiger partial charge in [-0.05, 0) is 47.4 Å². The Morgan fingerprint density at radius 1 is 1.62 bits per heavy atom. The first kappa shape index (κ1) is 11.9. The second kappa shape index (κ2) is 4.75. The molecule has 2 rings (SSSR count). The largest absolute Gasteiger partial charge is 0.383 e. The molecule has 0 amide bonds. The van der Waals surface area contributed by atoms with E-state index in [0.717, 1.165) is 21.5 Å². The Bertz CT molecular complexity index is 476. The molecule has 86 valence electrons. The number of anilines is 1. The minimum Gasteiger partial charge on any atom is -0.383 e. The molecule has 2 heterocycles. The van der Waals surface area contributed by atoms with Gasteiger partial charge in [0.25, 0.3) is 0 Å². The van der Waals surface area contributed by atoms with Gasteiger partial charge in [-0.3, -0.25) is 0 Å². The molecule has 2 aromatic heterocycles. The molecule has 0 bridgehead atoms. The van der Waals surface area contributed by atoms with Crippen LogP contribution in [-0.4, -0.2) is 9.78 Å². The van der Waals surface area contributed by atoms with E-state index in [9.17, 15) is 0 Å². The highest BCUT2D eigenvalue weighted by molar-refractivity contribution is 14.1. The standard InChI is InChI=1S/C11H14IN3S/c1-3-8(9-5-4-6-16-9)15-11(13)10(12)7(2)14-15/h4-6,8H,3,13H2,1-2H3. The topological polar surface area (TPSA) is 43.8 Å². The lowest BCUT2D eigenvalue weighted by molar-refractivity contribution is 0.521. The molecule has 3 nitrogen and oxygen atoms in total. The molecule has 0 fully saturated rings. The van der Waals surface area contributed by atoms with Crippen molar-refractivity contribution in [3.8, 4) is 0 Å². The Hall–Kier alpha value is -0.560. The normalized spacial score (nSPS) is 12.9. The number of aromatic nitrogens is 2. The molecular weight excluding hydrogens is 333 g/mol. The average Bonchev–Trinajstić information content (AvgIpc) is 2.86. The van der Waals surface area contributed by atoms with Crippen LogP contribution in [0.1, 0.15) is 30.0 Å². The first-order chi connectivity index (χ1) is 7.65. The van der Waals surface area contributed by atoms with E-state index < -0.39 is 0 Å². The second-order valence-corrected chi connectivity index (χ2v) is 5.73. The molecular formula is C11H14IN3S. The van der Waals surface area contributed by atoms with Gasteiger partial charge in [0.15, 0.2) is 0 Å². The first-order valence-electron chi connectivity index (χ1n) is 5.18. The fourth-order valence-corrected chi connectivity index (χ4v) is 3.01. The second-order valence-electron chi connectivity index (χ2n) is 3.67. The molecule has 5 heteroatoms. The summed E-state index contributed by atoms with van der Waals surface area (Å²) in [5, 5.41) is 6.62. The van der Waals surface area contributed by atoms with Gasteiger partial charge < -0.3 is 5.73 Å². The van der Waals surface area contributed by atoms with E-state index in [0.29, 0.717) is 0 Å². The Kier molecular flexibility index (Phi) is 3.53. The summed E-state index contributed by atoms with van der Waals surface area (Å²) in [4.78, 5) is 1.31. The van der Waals surface area contributed by atoms with E-state index in [-0.39, 0.29) is 6.04 Å². The van der Waals surface area contributed by atoms with Gasteiger partial charge in [-0.25, -0.2) is 4.68 Å². The number of hydrogen-bond acceptors (Lipinski definition) is 3. The van der Waals surface area contributed by atoms with Gasteiger partial charge >= 0.3 is 0 Å². The van der Waals surface area contributed by atoms with Gasteiger partial charge in [0.05, 0.1) is 15.3 Å². The minimum absolute atomic E-state index is 0.266. The third kappa shape index (κ3) is 1.98. The van der Waals surface area contributed by atoms with Gasteiger partial charge in [0.1, 0.15) is 5.82 Å². The van der Waals surface area contributed by atoms with Crippen LogP contribution in [0.15, 0.2) is 17.5 Å². The highest BCUT2D eigenvalue weighted by Gasteiger charge is 2.19. The predicted molar refractivity (Wildman–Crippen MR) is 76.8 cm³/mol. The molecule has 0 aliphatic rings. The molecule has 0 aliphatic heterocycles. The molecule has 16 heavy (non-hydrogen) atoms. The molecule has 0 spiro atoms. The Morgan fingerprint density at radius 2 is 2.38 bits per heavy atom. The zero-order valence-corrected chi connectivity index (χ0v) is 12.2. The zero-order chi connectivity index (χ0) is 11.7. The van der Waals surface area contributed by atoms with E-state index in [2.05, 4.69) is 52.1 Å². The minimum atomic E-state index is 0.266. The van der Waals surface area contributed by atoms with E-state index in [4.69, 9.17) is 5.73 Å². The maximum Gasteiger partial charge on any atom is 0.136 e. The average molecular weight is 347 g/mol. The highest BCUT2D eigenvalue weighted by atomic mass is 127. The third-order valence-electron chi connectivity index (χ3n) is 2.60. The number of thiophene rings is 1. The molecule has 0 saturated carbocycles. The summed E-state index contributed by atoms with van der Waals surface area (Å²) >= 11 is 4.01. The number of nitrogen functional groups attached to an aromatic ring is 1. The fraction of sp³-hybridized carbons (Fsp3) is 0.364. The van der Waals surface area contributed by atoms with Crippen molar-refractivity contribution in [1.82, 2.24) is 9.78 Å². The lowest BCUT2D eigenvalue weighted by Gasteiger charge is -2.15. The van der Waals surface area contributed by atoms with Gasteiger partial charge in [-0.1, -0.05) is 13.0 Å². The SMILES string of the molecule is CCC(c1cccs1)n1nc(C)c(I)c1N. The number of nitrogens with zero attached hydrogens (tertiary/aromatic N) is 2. The maximum atomic E-state index is 6.08. The summed E-state index contributed by atoms with van der Waals surface area (Å²) in [5.41, 5.74) is 7.09. The number of aryl methyl sites for hydroxylation is 1.